The van der Waals surface area contributed by atoms with E-state index in [9.17, 15) is 0 Å². The lowest BCUT2D eigenvalue weighted by molar-refractivity contribution is 0.738. The average molecular weight is 369 g/mol. The number of hydrogen-bond donors (Lipinski definition) is 0. The molecule has 142 valence electrons. The van der Waals surface area contributed by atoms with E-state index in [0.717, 1.165) is 45.9 Å². The molecule has 0 amide bonds. The van der Waals surface area contributed by atoms with Gasteiger partial charge in [-0.05, 0) is 44.7 Å². The monoisotopic (exact) mass is 368 g/mol. The van der Waals surface area contributed by atoms with Gasteiger partial charge in [-0.2, -0.15) is 0 Å². The van der Waals surface area contributed by atoms with Gasteiger partial charge in [-0.1, -0.05) is 85.4 Å². The molecule has 2 heteroatoms. The Morgan fingerprint density at radius 1 is 1.07 bits per heavy atom. The van der Waals surface area contributed by atoms with Crippen molar-refractivity contribution in [1.82, 2.24) is 9.97 Å². The van der Waals surface area contributed by atoms with Gasteiger partial charge in [0.2, 0.25) is 0 Å². The van der Waals surface area contributed by atoms with Crippen LogP contribution in [0.4, 0.5) is 0 Å². The molecule has 1 aromatic heterocycles. The molecule has 2 nitrogen and oxygen atoms in total. The third kappa shape index (κ3) is 5.04. The maximum atomic E-state index is 4.90. The third-order valence-corrected chi connectivity index (χ3v) is 4.51. The minimum atomic E-state index is 0.572. The normalized spacial score (nSPS) is 16.5. The Morgan fingerprint density at radius 2 is 1.82 bits per heavy atom. The van der Waals surface area contributed by atoms with E-state index in [2.05, 4.69) is 75.9 Å². The molecule has 28 heavy (non-hydrogen) atoms. The molecule has 0 saturated carbocycles. The second-order valence-electron chi connectivity index (χ2n) is 7.73. The van der Waals surface area contributed by atoms with Gasteiger partial charge in [-0.25, -0.2) is 9.97 Å². The van der Waals surface area contributed by atoms with E-state index < -0.39 is 0 Å². The second kappa shape index (κ2) is 8.79. The Morgan fingerprint density at radius 3 is 2.43 bits per heavy atom. The van der Waals surface area contributed by atoms with Crippen molar-refractivity contribution in [2.45, 2.75) is 34.1 Å². The van der Waals surface area contributed by atoms with Gasteiger partial charge in [0.25, 0.3) is 0 Å². The summed E-state index contributed by atoms with van der Waals surface area (Å²) in [5.41, 5.74) is 7.33. The van der Waals surface area contributed by atoms with Gasteiger partial charge in [0.05, 0.1) is 11.4 Å². The van der Waals surface area contributed by atoms with E-state index >= 15 is 0 Å². The summed E-state index contributed by atoms with van der Waals surface area (Å²) in [5, 5.41) is 0. The summed E-state index contributed by atoms with van der Waals surface area (Å²) in [6.45, 7) is 12.5. The third-order valence-electron chi connectivity index (χ3n) is 4.51. The predicted molar refractivity (Wildman–Crippen MR) is 121 cm³/mol. The fraction of sp³-hybridized carbons (Fsp3) is 0.231. The summed E-state index contributed by atoms with van der Waals surface area (Å²) in [4.78, 5) is 9.80. The van der Waals surface area contributed by atoms with Crippen molar-refractivity contribution in [3.63, 3.8) is 0 Å². The molecule has 1 heterocycles. The van der Waals surface area contributed by atoms with Gasteiger partial charge < -0.3 is 0 Å². The number of benzene rings is 1. The molecule has 1 aliphatic carbocycles. The number of aromatic nitrogens is 2. The van der Waals surface area contributed by atoms with Crippen LogP contribution in [0.5, 0.6) is 0 Å². The fourth-order valence-electron chi connectivity index (χ4n) is 3.14. The Balaban J connectivity index is 2.19. The van der Waals surface area contributed by atoms with Crippen LogP contribution in [0, 0.1) is 5.92 Å². The van der Waals surface area contributed by atoms with Crippen LogP contribution in [0.1, 0.15) is 45.5 Å². The minimum Gasteiger partial charge on any atom is -0.228 e. The smallest absolute Gasteiger partial charge is 0.160 e. The molecule has 0 radical (unpaired) electrons. The molecule has 0 N–H and O–H groups in total. The molecule has 1 aliphatic rings. The summed E-state index contributed by atoms with van der Waals surface area (Å²) >= 11 is 0. The van der Waals surface area contributed by atoms with Crippen LogP contribution in [-0.4, -0.2) is 9.97 Å². The van der Waals surface area contributed by atoms with Crippen LogP contribution >= 0.6 is 0 Å². The lowest BCUT2D eigenvalue weighted by Gasteiger charge is -2.14. The largest absolute Gasteiger partial charge is 0.228 e. The molecule has 1 atom stereocenters. The van der Waals surface area contributed by atoms with Crippen molar-refractivity contribution in [2.75, 3.05) is 0 Å². The summed E-state index contributed by atoms with van der Waals surface area (Å²) in [6, 6.07) is 12.3. The first kappa shape index (κ1) is 19.8. The number of rotatable bonds is 5. The van der Waals surface area contributed by atoms with Crippen LogP contribution in [-0.2, 0) is 0 Å². The van der Waals surface area contributed by atoms with Gasteiger partial charge in [-0.3, -0.25) is 0 Å². The first-order valence-electron chi connectivity index (χ1n) is 9.78. The van der Waals surface area contributed by atoms with Crippen LogP contribution < -0.4 is 0 Å². The zero-order chi connectivity index (χ0) is 20.1. The highest BCUT2D eigenvalue weighted by molar-refractivity contribution is 5.80. The summed E-state index contributed by atoms with van der Waals surface area (Å²) in [7, 11) is 0. The van der Waals surface area contributed by atoms with Gasteiger partial charge in [0.1, 0.15) is 0 Å². The first-order valence-corrected chi connectivity index (χ1v) is 9.78. The molecule has 0 fully saturated rings. The van der Waals surface area contributed by atoms with Gasteiger partial charge in [0.15, 0.2) is 5.82 Å². The molecule has 3 rings (SSSR count). The van der Waals surface area contributed by atoms with Crippen molar-refractivity contribution in [3.8, 4) is 11.4 Å². The Kier molecular flexibility index (Phi) is 6.20. The molecular formula is C26H28N2. The highest BCUT2D eigenvalue weighted by Gasteiger charge is 2.13. The van der Waals surface area contributed by atoms with E-state index in [4.69, 9.17) is 9.97 Å². The van der Waals surface area contributed by atoms with Crippen LogP contribution in [0.15, 0.2) is 84.5 Å². The van der Waals surface area contributed by atoms with E-state index in [1.807, 2.05) is 25.1 Å². The molecule has 0 spiro atoms. The molecule has 0 saturated heterocycles. The summed E-state index contributed by atoms with van der Waals surface area (Å²) in [6.07, 6.45) is 12.0. The van der Waals surface area contributed by atoms with Gasteiger partial charge in [-0.15, -0.1) is 0 Å². The quantitative estimate of drug-likeness (QED) is 0.528. The minimum absolute atomic E-state index is 0.572. The van der Waals surface area contributed by atoms with Crippen molar-refractivity contribution in [1.29, 1.82) is 0 Å². The fourth-order valence-corrected chi connectivity index (χ4v) is 3.14. The van der Waals surface area contributed by atoms with Gasteiger partial charge in [0, 0.05) is 11.1 Å². The lowest BCUT2D eigenvalue weighted by Crippen LogP contribution is -2.02. The molecule has 0 bridgehead atoms. The number of nitrogens with zero attached hydrogens (tertiary/aromatic N) is 2. The number of allylic oxidation sites excluding steroid dienone is 9. The van der Waals surface area contributed by atoms with E-state index in [0.29, 0.717) is 5.92 Å². The van der Waals surface area contributed by atoms with Crippen molar-refractivity contribution in [3.05, 3.63) is 95.9 Å². The molecule has 0 aliphatic heterocycles. The Labute approximate surface area is 168 Å². The SMILES string of the molecule is C=C(C)/C=C(\C=C(C)C)c1cc(C2=CCC(C)C=C2)nc(-c2ccccc2)n1. The standard InChI is InChI=1S/C26H28N2/c1-18(2)15-23(16-19(3)4)25-17-24(21-13-11-20(5)12-14-21)27-26(28-25)22-9-7-6-8-10-22/h6-11,13-17,20H,1,12H2,2-5H3/b23-15+. The van der Waals surface area contributed by atoms with Gasteiger partial charge >= 0.3 is 0 Å². The topological polar surface area (TPSA) is 25.8 Å². The molecule has 1 aromatic carbocycles. The van der Waals surface area contributed by atoms with Crippen LogP contribution in [0.25, 0.3) is 22.5 Å². The predicted octanol–water partition coefficient (Wildman–Crippen LogP) is 7.05. The average Bonchev–Trinajstić information content (AvgIpc) is 2.68. The number of hydrogen-bond acceptors (Lipinski definition) is 2. The summed E-state index contributed by atoms with van der Waals surface area (Å²) < 4.78 is 0. The van der Waals surface area contributed by atoms with Crippen LogP contribution in [0.2, 0.25) is 0 Å². The van der Waals surface area contributed by atoms with Crippen molar-refractivity contribution in [2.24, 2.45) is 5.92 Å². The second-order valence-corrected chi connectivity index (χ2v) is 7.73. The Bertz CT molecular complexity index is 984. The van der Waals surface area contributed by atoms with Crippen molar-refractivity contribution >= 4 is 11.1 Å². The Hall–Kier alpha value is -3.00. The first-order chi connectivity index (χ1) is 13.4. The van der Waals surface area contributed by atoms with E-state index in [-0.39, 0.29) is 0 Å². The molecular weight excluding hydrogens is 340 g/mol. The van der Waals surface area contributed by atoms with Crippen LogP contribution in [0.3, 0.4) is 0 Å². The van der Waals surface area contributed by atoms with E-state index in [1.54, 1.807) is 0 Å². The zero-order valence-corrected chi connectivity index (χ0v) is 17.2. The lowest BCUT2D eigenvalue weighted by atomic mass is 9.95. The van der Waals surface area contributed by atoms with E-state index in [1.165, 1.54) is 5.57 Å². The highest BCUT2D eigenvalue weighted by Crippen LogP contribution is 2.28. The molecule has 1 unspecified atom stereocenters. The molecule has 2 aromatic rings. The highest BCUT2D eigenvalue weighted by atomic mass is 14.9. The van der Waals surface area contributed by atoms with Crippen molar-refractivity contribution < 1.29 is 0 Å². The maximum absolute atomic E-state index is 4.90. The zero-order valence-electron chi connectivity index (χ0n) is 17.2. The summed E-state index contributed by atoms with van der Waals surface area (Å²) in [5.74, 6) is 1.32. The maximum Gasteiger partial charge on any atom is 0.160 e.